The van der Waals surface area contributed by atoms with Crippen molar-refractivity contribution in [1.29, 1.82) is 0 Å². The van der Waals surface area contributed by atoms with Crippen molar-refractivity contribution in [3.63, 3.8) is 0 Å². The van der Waals surface area contributed by atoms with E-state index in [1.165, 1.54) is 27.8 Å². The third-order valence-electron chi connectivity index (χ3n) is 4.04. The van der Waals surface area contributed by atoms with Crippen molar-refractivity contribution in [3.8, 4) is 11.1 Å². The topological polar surface area (TPSA) is 37.4 Å². The molecule has 4 rings (SSSR count). The molecule has 0 aromatic heterocycles. The minimum absolute atomic E-state index is 0.298. The summed E-state index contributed by atoms with van der Waals surface area (Å²) < 4.78 is 0. The number of hydrogen-bond donors (Lipinski definition) is 0. The first-order chi connectivity index (χ1) is 11.2. The molecule has 0 fully saturated rings. The fourth-order valence-corrected chi connectivity index (χ4v) is 2.92. The van der Waals surface area contributed by atoms with Crippen molar-refractivity contribution in [2.24, 2.45) is 0 Å². The molecule has 1 aliphatic rings. The summed E-state index contributed by atoms with van der Waals surface area (Å²) in [4.78, 5) is 24.6. The van der Waals surface area contributed by atoms with Gasteiger partial charge in [-0.15, -0.1) is 0 Å². The zero-order valence-electron chi connectivity index (χ0n) is 12.3. The van der Waals surface area contributed by atoms with E-state index < -0.39 is 0 Å². The van der Waals surface area contributed by atoms with E-state index in [0.29, 0.717) is 5.69 Å². The van der Waals surface area contributed by atoms with Gasteiger partial charge in [-0.3, -0.25) is 9.59 Å². The molecule has 0 aliphatic carbocycles. The number of rotatable bonds is 2. The number of imide groups is 1. The number of hydrogen-bond acceptors (Lipinski definition) is 2. The van der Waals surface area contributed by atoms with Crippen LogP contribution in [0.15, 0.2) is 78.9 Å². The quantitative estimate of drug-likeness (QED) is 0.672. The third kappa shape index (κ3) is 2.23. The Bertz CT molecular complexity index is 932. The molecule has 110 valence electrons. The predicted octanol–water partition coefficient (Wildman–Crippen LogP) is 3.94. The maximum Gasteiger partial charge on any atom is 0.258 e. The van der Waals surface area contributed by atoms with Crippen LogP contribution in [0.3, 0.4) is 0 Å². The summed E-state index contributed by atoms with van der Waals surface area (Å²) in [5, 5.41) is 2.36. The number of carbonyl (C=O) groups excluding carboxylic acids is 2. The summed E-state index contributed by atoms with van der Waals surface area (Å²) in [6.07, 6.45) is 2.59. The van der Waals surface area contributed by atoms with Crippen molar-refractivity contribution in [1.82, 2.24) is 0 Å². The Kier molecular flexibility index (Phi) is 3.05. The number of carbonyl (C=O) groups is 2. The first-order valence-electron chi connectivity index (χ1n) is 7.38. The van der Waals surface area contributed by atoms with Crippen molar-refractivity contribution in [2.75, 3.05) is 4.90 Å². The number of nitrogens with zero attached hydrogens (tertiary/aromatic N) is 1. The predicted molar refractivity (Wildman–Crippen MR) is 91.0 cm³/mol. The highest BCUT2D eigenvalue weighted by molar-refractivity contribution is 6.28. The molecule has 3 nitrogen and oxygen atoms in total. The summed E-state index contributed by atoms with van der Waals surface area (Å²) >= 11 is 0. The van der Waals surface area contributed by atoms with Crippen molar-refractivity contribution >= 4 is 28.3 Å². The van der Waals surface area contributed by atoms with E-state index in [4.69, 9.17) is 0 Å². The zero-order valence-corrected chi connectivity index (χ0v) is 12.3. The zero-order chi connectivity index (χ0) is 15.8. The lowest BCUT2D eigenvalue weighted by atomic mass is 9.98. The van der Waals surface area contributed by atoms with Crippen LogP contribution >= 0.6 is 0 Å². The molecule has 0 spiro atoms. The van der Waals surface area contributed by atoms with Crippen LogP contribution in [0.25, 0.3) is 21.9 Å². The molecule has 0 saturated heterocycles. The smallest absolute Gasteiger partial charge is 0.258 e. The molecule has 0 N–H and O–H groups in total. The minimum atomic E-state index is -0.298. The Balaban J connectivity index is 1.76. The van der Waals surface area contributed by atoms with Gasteiger partial charge in [0.25, 0.3) is 11.8 Å². The van der Waals surface area contributed by atoms with E-state index in [0.717, 1.165) is 11.1 Å². The van der Waals surface area contributed by atoms with Crippen molar-refractivity contribution in [3.05, 3.63) is 78.9 Å². The minimum Gasteiger partial charge on any atom is -0.269 e. The van der Waals surface area contributed by atoms with Gasteiger partial charge in [-0.1, -0.05) is 54.6 Å². The lowest BCUT2D eigenvalue weighted by Gasteiger charge is -2.14. The fraction of sp³-hybridized carbons (Fsp3) is 0. The number of amides is 2. The highest BCUT2D eigenvalue weighted by Crippen LogP contribution is 2.30. The summed E-state index contributed by atoms with van der Waals surface area (Å²) in [6.45, 7) is 0. The van der Waals surface area contributed by atoms with Crippen molar-refractivity contribution < 1.29 is 9.59 Å². The van der Waals surface area contributed by atoms with Gasteiger partial charge in [-0.2, -0.15) is 0 Å². The second-order valence-corrected chi connectivity index (χ2v) is 5.42. The Hall–Kier alpha value is -3.20. The molecule has 3 heteroatoms. The lowest BCUT2D eigenvalue weighted by molar-refractivity contribution is -0.119. The molecule has 2 amide bonds. The molecule has 0 unspecified atom stereocenters. The first-order valence-corrected chi connectivity index (χ1v) is 7.38. The second kappa shape index (κ2) is 5.21. The van der Waals surface area contributed by atoms with Gasteiger partial charge in [0.05, 0.1) is 5.69 Å². The normalized spacial score (nSPS) is 14.0. The van der Waals surface area contributed by atoms with Gasteiger partial charge in [0.15, 0.2) is 0 Å². The van der Waals surface area contributed by atoms with Gasteiger partial charge in [-0.05, 0) is 34.0 Å². The van der Waals surface area contributed by atoms with Gasteiger partial charge >= 0.3 is 0 Å². The van der Waals surface area contributed by atoms with Gasteiger partial charge in [0, 0.05) is 12.2 Å². The molecule has 0 bridgehead atoms. The van der Waals surface area contributed by atoms with Crippen LogP contribution in [-0.2, 0) is 9.59 Å². The second-order valence-electron chi connectivity index (χ2n) is 5.42. The van der Waals surface area contributed by atoms with Crippen LogP contribution < -0.4 is 4.90 Å². The Morgan fingerprint density at radius 1 is 0.652 bits per heavy atom. The molecular weight excluding hydrogens is 286 g/mol. The van der Waals surface area contributed by atoms with E-state index >= 15 is 0 Å². The highest BCUT2D eigenvalue weighted by atomic mass is 16.2. The molecule has 0 atom stereocenters. The maximum absolute atomic E-state index is 11.7. The number of fused-ring (bicyclic) bond motifs is 1. The molecule has 1 aliphatic heterocycles. The fourth-order valence-electron chi connectivity index (χ4n) is 2.92. The average Bonchev–Trinajstić information content (AvgIpc) is 2.93. The molecule has 0 radical (unpaired) electrons. The summed E-state index contributed by atoms with van der Waals surface area (Å²) in [5.74, 6) is -0.596. The molecule has 1 heterocycles. The Labute approximate surface area is 133 Å². The average molecular weight is 299 g/mol. The van der Waals surface area contributed by atoms with Gasteiger partial charge in [-0.25, -0.2) is 4.90 Å². The molecule has 3 aromatic rings. The third-order valence-corrected chi connectivity index (χ3v) is 4.04. The molecular formula is C20H13NO2. The van der Waals surface area contributed by atoms with E-state index in [-0.39, 0.29) is 11.8 Å². The summed E-state index contributed by atoms with van der Waals surface area (Å²) in [6, 6.07) is 21.9. The largest absolute Gasteiger partial charge is 0.269 e. The standard InChI is InChI=1S/C20H13NO2/c22-19-12-13-20(23)21(19)16-10-8-15(9-11-16)18-7-3-5-14-4-1-2-6-17(14)18/h1-13H. The monoisotopic (exact) mass is 299 g/mol. The number of benzene rings is 3. The van der Waals surface area contributed by atoms with Gasteiger partial charge in [0.1, 0.15) is 0 Å². The van der Waals surface area contributed by atoms with Crippen LogP contribution in [0.2, 0.25) is 0 Å². The van der Waals surface area contributed by atoms with Crippen LogP contribution in [0, 0.1) is 0 Å². The first kappa shape index (κ1) is 13.5. The van der Waals surface area contributed by atoms with Crippen LogP contribution in [0.5, 0.6) is 0 Å². The Morgan fingerprint density at radius 3 is 2.04 bits per heavy atom. The van der Waals surface area contributed by atoms with E-state index in [9.17, 15) is 9.59 Å². The highest BCUT2D eigenvalue weighted by Gasteiger charge is 2.24. The molecule has 3 aromatic carbocycles. The summed E-state index contributed by atoms with van der Waals surface area (Å²) in [7, 11) is 0. The maximum atomic E-state index is 11.7. The molecule has 23 heavy (non-hydrogen) atoms. The number of anilines is 1. The van der Waals surface area contributed by atoms with E-state index in [2.05, 4.69) is 24.3 Å². The lowest BCUT2D eigenvalue weighted by Crippen LogP contribution is -2.29. The van der Waals surface area contributed by atoms with Crippen LogP contribution in [0.1, 0.15) is 0 Å². The van der Waals surface area contributed by atoms with Crippen molar-refractivity contribution in [2.45, 2.75) is 0 Å². The summed E-state index contributed by atoms with van der Waals surface area (Å²) in [5.41, 5.74) is 2.78. The SMILES string of the molecule is O=C1C=CC(=O)N1c1ccc(-c2cccc3ccccc23)cc1. The van der Waals surface area contributed by atoms with Crippen LogP contribution in [-0.4, -0.2) is 11.8 Å². The van der Waals surface area contributed by atoms with E-state index in [1.807, 2.05) is 30.3 Å². The van der Waals surface area contributed by atoms with Crippen LogP contribution in [0.4, 0.5) is 5.69 Å². The molecule has 0 saturated carbocycles. The van der Waals surface area contributed by atoms with Gasteiger partial charge in [0.2, 0.25) is 0 Å². The Morgan fingerprint density at radius 2 is 1.30 bits per heavy atom. The van der Waals surface area contributed by atoms with Gasteiger partial charge < -0.3 is 0 Å². The van der Waals surface area contributed by atoms with E-state index in [1.54, 1.807) is 12.1 Å².